The molecule has 2 aliphatic rings. The van der Waals surface area contributed by atoms with Crippen molar-refractivity contribution >= 4 is 5.69 Å². The molecule has 1 heterocycles. The van der Waals surface area contributed by atoms with Crippen molar-refractivity contribution in [2.45, 2.75) is 57.5 Å². The molecule has 1 atom stereocenters. The Morgan fingerprint density at radius 2 is 2.10 bits per heavy atom. The molecule has 0 bridgehead atoms. The Morgan fingerprint density at radius 1 is 1.35 bits per heavy atom. The molecule has 1 aromatic rings. The van der Waals surface area contributed by atoms with Gasteiger partial charge < -0.3 is 10.2 Å². The maximum absolute atomic E-state index is 14.4. The summed E-state index contributed by atoms with van der Waals surface area (Å²) in [7, 11) is 0. The lowest BCUT2D eigenvalue weighted by molar-refractivity contribution is 0.266. The van der Waals surface area contributed by atoms with Crippen LogP contribution in [0.5, 0.6) is 0 Å². The van der Waals surface area contributed by atoms with E-state index in [-0.39, 0.29) is 11.4 Å². The van der Waals surface area contributed by atoms with Crippen LogP contribution in [0.4, 0.5) is 10.1 Å². The van der Waals surface area contributed by atoms with Crippen molar-refractivity contribution in [2.75, 3.05) is 18.0 Å². The first-order valence-corrected chi connectivity index (χ1v) is 7.92. The zero-order chi connectivity index (χ0) is 14.2. The molecule has 110 valence electrons. The first-order valence-electron chi connectivity index (χ1n) is 7.92. The fourth-order valence-corrected chi connectivity index (χ4v) is 3.96. The van der Waals surface area contributed by atoms with Gasteiger partial charge in [0.2, 0.25) is 0 Å². The molecular formula is C17H25FN2. The molecule has 1 aromatic carbocycles. The molecule has 1 saturated heterocycles. The van der Waals surface area contributed by atoms with Crippen molar-refractivity contribution in [3.05, 3.63) is 29.6 Å². The SMILES string of the molecule is CCC1CNC2(CCCC2)CN1c1c(C)cccc1F. The fourth-order valence-electron chi connectivity index (χ4n) is 3.96. The molecule has 2 fully saturated rings. The molecule has 3 heteroatoms. The zero-order valence-electron chi connectivity index (χ0n) is 12.6. The molecule has 1 unspecified atom stereocenters. The van der Waals surface area contributed by atoms with Crippen molar-refractivity contribution in [3.63, 3.8) is 0 Å². The lowest BCUT2D eigenvalue weighted by Crippen LogP contribution is -2.63. The summed E-state index contributed by atoms with van der Waals surface area (Å²) >= 11 is 0. The van der Waals surface area contributed by atoms with E-state index >= 15 is 0 Å². The zero-order valence-corrected chi connectivity index (χ0v) is 12.6. The number of nitrogens with zero attached hydrogens (tertiary/aromatic N) is 1. The number of hydrogen-bond acceptors (Lipinski definition) is 2. The third kappa shape index (κ3) is 2.32. The molecular weight excluding hydrogens is 251 g/mol. The quantitative estimate of drug-likeness (QED) is 0.887. The molecule has 2 nitrogen and oxygen atoms in total. The van der Waals surface area contributed by atoms with Gasteiger partial charge in [-0.1, -0.05) is 31.9 Å². The van der Waals surface area contributed by atoms with Gasteiger partial charge in [0.1, 0.15) is 5.82 Å². The second kappa shape index (κ2) is 5.36. The monoisotopic (exact) mass is 276 g/mol. The highest BCUT2D eigenvalue weighted by molar-refractivity contribution is 5.56. The second-order valence-corrected chi connectivity index (χ2v) is 6.46. The molecule has 3 rings (SSSR count). The molecule has 0 radical (unpaired) electrons. The van der Waals surface area contributed by atoms with Crippen LogP contribution in [0.1, 0.15) is 44.6 Å². The normalized spacial score (nSPS) is 25.4. The van der Waals surface area contributed by atoms with Gasteiger partial charge in [0.15, 0.2) is 0 Å². The van der Waals surface area contributed by atoms with Crippen molar-refractivity contribution in [3.8, 4) is 0 Å². The molecule has 20 heavy (non-hydrogen) atoms. The summed E-state index contributed by atoms with van der Waals surface area (Å²) in [6, 6.07) is 5.83. The number of hydrogen-bond donors (Lipinski definition) is 1. The summed E-state index contributed by atoms with van der Waals surface area (Å²) < 4.78 is 14.4. The van der Waals surface area contributed by atoms with E-state index in [1.54, 1.807) is 6.07 Å². The highest BCUT2D eigenvalue weighted by Crippen LogP contribution is 2.37. The van der Waals surface area contributed by atoms with Gasteiger partial charge >= 0.3 is 0 Å². The molecule has 1 saturated carbocycles. The van der Waals surface area contributed by atoms with E-state index in [1.165, 1.54) is 25.7 Å². The predicted molar refractivity (Wildman–Crippen MR) is 81.8 cm³/mol. The summed E-state index contributed by atoms with van der Waals surface area (Å²) in [4.78, 5) is 2.34. The number of nitrogens with one attached hydrogen (secondary N) is 1. The number of aryl methyl sites for hydroxylation is 1. The Kier molecular flexibility index (Phi) is 3.72. The maximum Gasteiger partial charge on any atom is 0.146 e. The number of anilines is 1. The van der Waals surface area contributed by atoms with E-state index in [0.29, 0.717) is 6.04 Å². The lowest BCUT2D eigenvalue weighted by atomic mass is 9.90. The van der Waals surface area contributed by atoms with E-state index in [4.69, 9.17) is 0 Å². The van der Waals surface area contributed by atoms with E-state index < -0.39 is 0 Å². The van der Waals surface area contributed by atoms with E-state index in [1.807, 2.05) is 19.1 Å². The van der Waals surface area contributed by atoms with E-state index in [0.717, 1.165) is 30.8 Å². The standard InChI is InChI=1S/C17H25FN2/c1-3-14-11-19-17(9-4-5-10-17)12-20(14)16-13(2)7-6-8-15(16)18/h6-8,14,19H,3-5,9-12H2,1-2H3. The van der Waals surface area contributed by atoms with Crippen LogP contribution in [-0.4, -0.2) is 24.7 Å². The summed E-state index contributed by atoms with van der Waals surface area (Å²) in [5.74, 6) is -0.0708. The number of benzene rings is 1. The van der Waals surface area contributed by atoms with E-state index in [2.05, 4.69) is 17.1 Å². The number of para-hydroxylation sites is 1. The first-order chi connectivity index (χ1) is 9.65. The van der Waals surface area contributed by atoms with Crippen LogP contribution >= 0.6 is 0 Å². The van der Waals surface area contributed by atoms with Gasteiger partial charge in [-0.3, -0.25) is 0 Å². The van der Waals surface area contributed by atoms with Gasteiger partial charge in [0.25, 0.3) is 0 Å². The Labute approximate surface area is 121 Å². The van der Waals surface area contributed by atoms with Gasteiger partial charge in [-0.25, -0.2) is 4.39 Å². The fraction of sp³-hybridized carbons (Fsp3) is 0.647. The number of halogens is 1. The molecule has 1 spiro atoms. The van der Waals surface area contributed by atoms with Crippen LogP contribution in [0.25, 0.3) is 0 Å². The Hall–Kier alpha value is -1.09. The van der Waals surface area contributed by atoms with Crippen molar-refractivity contribution < 1.29 is 4.39 Å². The number of piperazine rings is 1. The largest absolute Gasteiger partial charge is 0.363 e. The summed E-state index contributed by atoms with van der Waals surface area (Å²) in [5, 5.41) is 3.77. The van der Waals surface area contributed by atoms with Crippen LogP contribution in [0, 0.1) is 12.7 Å². The minimum absolute atomic E-state index is 0.0708. The molecule has 1 aliphatic carbocycles. The Bertz CT molecular complexity index is 460. The highest BCUT2D eigenvalue weighted by Gasteiger charge is 2.41. The topological polar surface area (TPSA) is 15.3 Å². The molecule has 1 aliphatic heterocycles. The average Bonchev–Trinajstić information content (AvgIpc) is 2.87. The maximum atomic E-state index is 14.4. The van der Waals surface area contributed by atoms with Crippen LogP contribution in [-0.2, 0) is 0 Å². The van der Waals surface area contributed by atoms with Crippen molar-refractivity contribution in [1.82, 2.24) is 5.32 Å². The van der Waals surface area contributed by atoms with Crippen molar-refractivity contribution in [1.29, 1.82) is 0 Å². The smallest absolute Gasteiger partial charge is 0.146 e. The highest BCUT2D eigenvalue weighted by atomic mass is 19.1. The molecule has 0 aromatic heterocycles. The third-order valence-corrected chi connectivity index (χ3v) is 5.13. The molecule has 0 amide bonds. The minimum atomic E-state index is -0.0708. The van der Waals surface area contributed by atoms with Crippen LogP contribution < -0.4 is 10.2 Å². The van der Waals surface area contributed by atoms with E-state index in [9.17, 15) is 4.39 Å². The average molecular weight is 276 g/mol. The second-order valence-electron chi connectivity index (χ2n) is 6.46. The number of rotatable bonds is 2. The summed E-state index contributed by atoms with van der Waals surface area (Å²) in [6.45, 7) is 6.15. The minimum Gasteiger partial charge on any atom is -0.363 e. The van der Waals surface area contributed by atoms with Crippen LogP contribution in [0.15, 0.2) is 18.2 Å². The molecule has 1 N–H and O–H groups in total. The van der Waals surface area contributed by atoms with Gasteiger partial charge in [0, 0.05) is 24.7 Å². The summed E-state index contributed by atoms with van der Waals surface area (Å²) in [5.41, 5.74) is 2.10. The van der Waals surface area contributed by atoms with Crippen LogP contribution in [0.2, 0.25) is 0 Å². The summed E-state index contributed by atoms with van der Waals surface area (Å²) in [6.07, 6.45) is 6.11. The van der Waals surface area contributed by atoms with Gasteiger partial charge in [-0.05, 0) is 37.8 Å². The van der Waals surface area contributed by atoms with Gasteiger partial charge in [-0.15, -0.1) is 0 Å². The Morgan fingerprint density at radius 3 is 2.75 bits per heavy atom. The predicted octanol–water partition coefficient (Wildman–Crippen LogP) is 3.64. The van der Waals surface area contributed by atoms with Crippen molar-refractivity contribution in [2.24, 2.45) is 0 Å². The lowest BCUT2D eigenvalue weighted by Gasteiger charge is -2.48. The van der Waals surface area contributed by atoms with Crippen LogP contribution in [0.3, 0.4) is 0 Å². The first kappa shape index (κ1) is 13.9. The van der Waals surface area contributed by atoms with Gasteiger partial charge in [-0.2, -0.15) is 0 Å². The third-order valence-electron chi connectivity index (χ3n) is 5.13. The Balaban J connectivity index is 1.95. The van der Waals surface area contributed by atoms with Gasteiger partial charge in [0.05, 0.1) is 5.69 Å².